The molecule has 0 aliphatic carbocycles. The zero-order valence-electron chi connectivity index (χ0n) is 11.0. The van der Waals surface area contributed by atoms with E-state index in [1.165, 1.54) is 0 Å². The number of ether oxygens (including phenoxy) is 1. The Morgan fingerprint density at radius 1 is 1.32 bits per heavy atom. The standard InChI is InChI=1S/C10H8F3NO7S/c1-5-3-6(14(16)17)4-7(9(15)20-2)8(5)21-22(18,19)10(11,12)13/h3-4H,1-2H3. The van der Waals surface area contributed by atoms with Crippen LogP contribution < -0.4 is 4.18 Å². The van der Waals surface area contributed by atoms with Gasteiger partial charge in [0.2, 0.25) is 0 Å². The minimum atomic E-state index is -6.05. The third kappa shape index (κ3) is 3.44. The Kier molecular flexibility index (Phi) is 4.65. The number of esters is 1. The fourth-order valence-electron chi connectivity index (χ4n) is 1.39. The lowest BCUT2D eigenvalue weighted by Gasteiger charge is -2.14. The number of halogens is 3. The summed E-state index contributed by atoms with van der Waals surface area (Å²) in [7, 11) is -5.19. The van der Waals surface area contributed by atoms with Gasteiger partial charge in [-0.25, -0.2) is 4.79 Å². The first-order valence-corrected chi connectivity index (χ1v) is 6.69. The maximum atomic E-state index is 12.3. The third-order valence-electron chi connectivity index (χ3n) is 2.35. The Hall–Kier alpha value is -2.37. The van der Waals surface area contributed by atoms with Crippen LogP contribution in [0.25, 0.3) is 0 Å². The third-order valence-corrected chi connectivity index (χ3v) is 3.31. The lowest BCUT2D eigenvalue weighted by atomic mass is 10.1. The van der Waals surface area contributed by atoms with Crippen LogP contribution in [-0.4, -0.2) is 31.9 Å². The molecule has 1 aromatic rings. The summed E-state index contributed by atoms with van der Waals surface area (Å²) in [4.78, 5) is 21.3. The van der Waals surface area contributed by atoms with Crippen molar-refractivity contribution >= 4 is 21.8 Å². The molecule has 0 radical (unpaired) electrons. The number of carbonyl (C=O) groups excluding carboxylic acids is 1. The molecule has 0 aliphatic heterocycles. The average molecular weight is 343 g/mol. The maximum absolute atomic E-state index is 12.3. The molecule has 0 saturated heterocycles. The van der Waals surface area contributed by atoms with E-state index < -0.39 is 43.5 Å². The number of nitro benzene ring substituents is 1. The normalized spacial score (nSPS) is 11.9. The van der Waals surface area contributed by atoms with Gasteiger partial charge in [-0.15, -0.1) is 0 Å². The minimum Gasteiger partial charge on any atom is -0.465 e. The highest BCUT2D eigenvalue weighted by atomic mass is 32.2. The molecule has 0 amide bonds. The van der Waals surface area contributed by atoms with Gasteiger partial charge in [0, 0.05) is 17.7 Å². The van der Waals surface area contributed by atoms with Gasteiger partial charge < -0.3 is 8.92 Å². The SMILES string of the molecule is COC(=O)c1cc([N+](=O)[O-])cc(C)c1OS(=O)(=O)C(F)(F)F. The molecule has 12 heteroatoms. The van der Waals surface area contributed by atoms with Crippen LogP contribution in [-0.2, 0) is 14.9 Å². The first kappa shape index (κ1) is 17.7. The zero-order valence-corrected chi connectivity index (χ0v) is 11.8. The fourth-order valence-corrected chi connectivity index (χ4v) is 1.92. The van der Waals surface area contributed by atoms with Gasteiger partial charge in [0.15, 0.2) is 5.75 Å². The molecule has 0 aliphatic rings. The molecule has 1 rings (SSSR count). The predicted molar refractivity (Wildman–Crippen MR) is 64.8 cm³/mol. The second kappa shape index (κ2) is 5.79. The number of hydrogen-bond acceptors (Lipinski definition) is 7. The maximum Gasteiger partial charge on any atom is 0.534 e. The van der Waals surface area contributed by atoms with E-state index in [2.05, 4.69) is 8.92 Å². The highest BCUT2D eigenvalue weighted by Gasteiger charge is 2.49. The van der Waals surface area contributed by atoms with Gasteiger partial charge in [-0.05, 0) is 6.92 Å². The molecule has 0 saturated carbocycles. The number of hydrogen-bond donors (Lipinski definition) is 0. The average Bonchev–Trinajstić information content (AvgIpc) is 2.38. The van der Waals surface area contributed by atoms with E-state index in [-0.39, 0.29) is 5.56 Å². The highest BCUT2D eigenvalue weighted by Crippen LogP contribution is 2.34. The molecule has 8 nitrogen and oxygen atoms in total. The fraction of sp³-hybridized carbons (Fsp3) is 0.300. The van der Waals surface area contributed by atoms with E-state index in [9.17, 15) is 36.5 Å². The van der Waals surface area contributed by atoms with E-state index in [4.69, 9.17) is 0 Å². The van der Waals surface area contributed by atoms with Crippen molar-refractivity contribution in [2.45, 2.75) is 12.4 Å². The van der Waals surface area contributed by atoms with Crippen LogP contribution in [0.4, 0.5) is 18.9 Å². The second-order valence-corrected chi connectivity index (χ2v) is 5.41. The topological polar surface area (TPSA) is 113 Å². The number of aryl methyl sites for hydroxylation is 1. The molecule has 0 unspecified atom stereocenters. The summed E-state index contributed by atoms with van der Waals surface area (Å²) in [6.07, 6.45) is 0. The van der Waals surface area contributed by atoms with Crippen molar-refractivity contribution in [1.29, 1.82) is 0 Å². The van der Waals surface area contributed by atoms with Crippen LogP contribution in [0.15, 0.2) is 12.1 Å². The monoisotopic (exact) mass is 343 g/mol. The van der Waals surface area contributed by atoms with E-state index in [0.717, 1.165) is 20.1 Å². The van der Waals surface area contributed by atoms with Crippen molar-refractivity contribution < 1.29 is 40.2 Å². The number of benzene rings is 1. The second-order valence-electron chi connectivity index (χ2n) is 3.87. The van der Waals surface area contributed by atoms with Gasteiger partial charge in [-0.3, -0.25) is 10.1 Å². The molecule has 0 heterocycles. The quantitative estimate of drug-likeness (QED) is 0.270. The number of alkyl halides is 3. The first-order chi connectivity index (χ1) is 9.90. The van der Waals surface area contributed by atoms with Crippen molar-refractivity contribution in [1.82, 2.24) is 0 Å². The van der Waals surface area contributed by atoms with Crippen LogP contribution >= 0.6 is 0 Å². The summed E-state index contributed by atoms with van der Waals surface area (Å²) in [6.45, 7) is 1.04. The van der Waals surface area contributed by atoms with Crippen molar-refractivity contribution in [2.75, 3.05) is 7.11 Å². The molecule has 0 aromatic heterocycles. The predicted octanol–water partition coefficient (Wildman–Crippen LogP) is 1.92. The van der Waals surface area contributed by atoms with Crippen molar-refractivity contribution in [2.24, 2.45) is 0 Å². The number of methoxy groups -OCH3 is 1. The molecule has 0 bridgehead atoms. The Morgan fingerprint density at radius 3 is 2.27 bits per heavy atom. The Labute approximate surface area is 121 Å². The molecule has 1 aromatic carbocycles. The van der Waals surface area contributed by atoms with Gasteiger partial charge >= 0.3 is 21.6 Å². The summed E-state index contributed by atoms with van der Waals surface area (Å²) in [5, 5.41) is 10.7. The summed E-state index contributed by atoms with van der Waals surface area (Å²) < 4.78 is 67.2. The van der Waals surface area contributed by atoms with Crippen LogP contribution in [0.5, 0.6) is 5.75 Å². The summed E-state index contributed by atoms with van der Waals surface area (Å²) in [5.41, 5.74) is -7.55. The molecular weight excluding hydrogens is 335 g/mol. The van der Waals surface area contributed by atoms with Gasteiger partial charge in [0.25, 0.3) is 5.69 Å². The number of carbonyl (C=O) groups is 1. The molecule has 22 heavy (non-hydrogen) atoms. The lowest BCUT2D eigenvalue weighted by Crippen LogP contribution is -2.29. The Bertz CT molecular complexity index is 727. The van der Waals surface area contributed by atoms with Gasteiger partial charge in [-0.2, -0.15) is 21.6 Å². The van der Waals surface area contributed by atoms with Gasteiger partial charge in [0.1, 0.15) is 5.56 Å². The summed E-state index contributed by atoms with van der Waals surface area (Å²) in [6, 6.07) is 1.31. The minimum absolute atomic E-state index is 0.359. The molecule has 0 atom stereocenters. The molecular formula is C10H8F3NO7S. The zero-order chi connectivity index (χ0) is 17.3. The molecule has 0 N–H and O–H groups in total. The van der Waals surface area contributed by atoms with Crippen LogP contribution in [0.3, 0.4) is 0 Å². The molecule has 122 valence electrons. The highest BCUT2D eigenvalue weighted by molar-refractivity contribution is 7.88. The lowest BCUT2D eigenvalue weighted by molar-refractivity contribution is -0.384. The number of rotatable bonds is 4. The van der Waals surface area contributed by atoms with E-state index >= 15 is 0 Å². The largest absolute Gasteiger partial charge is 0.534 e. The summed E-state index contributed by atoms with van der Waals surface area (Å²) >= 11 is 0. The van der Waals surface area contributed by atoms with E-state index in [1.807, 2.05) is 0 Å². The van der Waals surface area contributed by atoms with Gasteiger partial charge in [0.05, 0.1) is 12.0 Å². The Morgan fingerprint density at radius 2 is 1.86 bits per heavy atom. The van der Waals surface area contributed by atoms with E-state index in [0.29, 0.717) is 6.07 Å². The summed E-state index contributed by atoms with van der Waals surface area (Å²) in [5.74, 6) is -2.28. The van der Waals surface area contributed by atoms with Crippen LogP contribution in [0.1, 0.15) is 15.9 Å². The first-order valence-electron chi connectivity index (χ1n) is 5.29. The number of nitro groups is 1. The van der Waals surface area contributed by atoms with Gasteiger partial charge in [-0.1, -0.05) is 0 Å². The Balaban J connectivity index is 3.54. The number of nitrogens with zero attached hydrogens (tertiary/aromatic N) is 1. The van der Waals surface area contributed by atoms with Crippen molar-refractivity contribution in [3.63, 3.8) is 0 Å². The molecule has 0 fully saturated rings. The van der Waals surface area contributed by atoms with E-state index in [1.54, 1.807) is 0 Å². The van der Waals surface area contributed by atoms with Crippen molar-refractivity contribution in [3.05, 3.63) is 33.4 Å². The van der Waals surface area contributed by atoms with Crippen LogP contribution in [0.2, 0.25) is 0 Å². The molecule has 0 spiro atoms. The van der Waals surface area contributed by atoms with Crippen LogP contribution in [0, 0.1) is 17.0 Å². The smallest absolute Gasteiger partial charge is 0.465 e. The number of non-ortho nitro benzene ring substituents is 1. The van der Waals surface area contributed by atoms with Crippen molar-refractivity contribution in [3.8, 4) is 5.75 Å².